The standard InChI is InChI=1S/C48H28N2O.C41H24ClNO.C7H6BNO2/c49-29-30-10-9-13-33(24-30)31-20-22-32(23-21-31)48-50-47-45(44-26-35-12-2-4-15-38(35)40-17-6-8-19-42(40)44)27-36(28-46(47)51-48)43-25-34-11-1-3-14-37(34)39-16-5-7-18-41(39)43;42-29-19-17-25(18-20-29)41-43-40-38(37-22-27-10-2-4-12-31(27)33-14-6-8-16-35(33)37)23-28(24-39(40)44-41)36-21-26-9-1-3-11-30(26)32-13-5-7-15-34(32)36;1-9-7-4-2-3-6(5-7)8(10)11/h1-28H;1-24H;2-5,10-11H. The number of aromatic nitrogens is 2. The van der Waals surface area contributed by atoms with E-state index in [0.29, 0.717) is 33.5 Å². The van der Waals surface area contributed by atoms with Gasteiger partial charge in [-0.25, -0.2) is 14.8 Å². The summed E-state index contributed by atoms with van der Waals surface area (Å²) in [6.07, 6.45) is 0. The van der Waals surface area contributed by atoms with Crippen molar-refractivity contribution in [2.75, 3.05) is 0 Å². The minimum Gasteiger partial charge on any atom is -0.436 e. The lowest BCUT2D eigenvalue weighted by Gasteiger charge is -2.14. The molecule has 0 radical (unpaired) electrons. The van der Waals surface area contributed by atoms with Crippen molar-refractivity contribution in [1.82, 2.24) is 9.97 Å². The average molecular weight is 1380 g/mol. The molecule has 2 N–H and O–H groups in total. The van der Waals surface area contributed by atoms with Crippen LogP contribution >= 0.6 is 11.6 Å². The van der Waals surface area contributed by atoms with Gasteiger partial charge >= 0.3 is 7.12 Å². The first-order valence-electron chi connectivity index (χ1n) is 34.9. The lowest BCUT2D eigenvalue weighted by atomic mass is 9.80. The lowest BCUT2D eigenvalue weighted by molar-refractivity contribution is 0.426. The van der Waals surface area contributed by atoms with Gasteiger partial charge in [-0.1, -0.05) is 254 Å². The fourth-order valence-corrected chi connectivity index (χ4v) is 15.2. The van der Waals surface area contributed by atoms with E-state index in [4.69, 9.17) is 47.0 Å². The molecule has 0 saturated heterocycles. The van der Waals surface area contributed by atoms with Crippen molar-refractivity contribution in [2.45, 2.75) is 0 Å². The second-order valence-corrected chi connectivity index (χ2v) is 26.8. The first-order chi connectivity index (χ1) is 52.2. The van der Waals surface area contributed by atoms with Crippen LogP contribution in [0, 0.1) is 17.9 Å². The zero-order valence-electron chi connectivity index (χ0n) is 56.8. The highest BCUT2D eigenvalue weighted by molar-refractivity contribution is 6.58. The maximum absolute atomic E-state index is 9.41. The second kappa shape index (κ2) is 27.2. The molecule has 0 aliphatic heterocycles. The smallest absolute Gasteiger partial charge is 0.436 e. The van der Waals surface area contributed by atoms with Gasteiger partial charge in [0, 0.05) is 27.3 Å². The third-order valence-electron chi connectivity index (χ3n) is 20.1. The van der Waals surface area contributed by atoms with Crippen LogP contribution in [0.15, 0.2) is 349 Å². The molecule has 0 unspecified atom stereocenters. The molecule has 20 rings (SSSR count). The van der Waals surface area contributed by atoms with Crippen LogP contribution in [0.4, 0.5) is 5.69 Å². The fourth-order valence-electron chi connectivity index (χ4n) is 15.1. The number of halogens is 1. The summed E-state index contributed by atoms with van der Waals surface area (Å²) < 4.78 is 13.3. The summed E-state index contributed by atoms with van der Waals surface area (Å²) in [4.78, 5) is 13.5. The molecular weight excluding hydrogens is 1320 g/mol. The van der Waals surface area contributed by atoms with Gasteiger partial charge in [0.05, 0.1) is 18.2 Å². The average Bonchev–Trinajstić information content (AvgIpc) is 1.57. The number of rotatable bonds is 8. The van der Waals surface area contributed by atoms with Crippen LogP contribution in [-0.4, -0.2) is 27.1 Å². The lowest BCUT2D eigenvalue weighted by Crippen LogP contribution is -2.29. The third-order valence-corrected chi connectivity index (χ3v) is 20.4. The van der Waals surface area contributed by atoms with Gasteiger partial charge in [-0.15, -0.1) is 0 Å². The van der Waals surface area contributed by atoms with Gasteiger partial charge in [-0.3, -0.25) is 0 Å². The Labute approximate surface area is 614 Å². The Bertz CT molecular complexity index is 6990. The van der Waals surface area contributed by atoms with E-state index in [1.54, 1.807) is 18.2 Å². The Balaban J connectivity index is 0.000000132. The van der Waals surface area contributed by atoms with E-state index in [1.807, 2.05) is 60.7 Å². The zero-order chi connectivity index (χ0) is 71.4. The highest BCUT2D eigenvalue weighted by Gasteiger charge is 2.23. The minimum atomic E-state index is -1.49. The number of hydrogen-bond donors (Lipinski definition) is 2. The van der Waals surface area contributed by atoms with Crippen molar-refractivity contribution < 1.29 is 18.9 Å². The molecule has 10 heteroatoms. The van der Waals surface area contributed by atoms with Crippen molar-refractivity contribution in [2.24, 2.45) is 0 Å². The maximum Gasteiger partial charge on any atom is 0.487 e. The Kier molecular flexibility index (Phi) is 16.5. The largest absolute Gasteiger partial charge is 0.487 e. The highest BCUT2D eigenvalue weighted by atomic mass is 35.5. The third kappa shape index (κ3) is 11.9. The number of oxazole rings is 2. The van der Waals surface area contributed by atoms with E-state index in [0.717, 1.165) is 89.0 Å². The van der Waals surface area contributed by atoms with Gasteiger partial charge in [0.15, 0.2) is 16.9 Å². The summed E-state index contributed by atoms with van der Waals surface area (Å²) in [5.74, 6) is 1.14. The van der Waals surface area contributed by atoms with Gasteiger partial charge < -0.3 is 18.9 Å². The molecule has 0 fully saturated rings. The zero-order valence-corrected chi connectivity index (χ0v) is 57.5. The van der Waals surface area contributed by atoms with Crippen LogP contribution in [0.5, 0.6) is 0 Å². The van der Waals surface area contributed by atoms with Crippen LogP contribution in [0.3, 0.4) is 0 Å². The molecule has 20 aromatic rings. The Morgan fingerprint density at radius 1 is 0.321 bits per heavy atom. The summed E-state index contributed by atoms with van der Waals surface area (Å²) in [5, 5.41) is 46.9. The van der Waals surface area contributed by atoms with E-state index in [9.17, 15) is 5.26 Å². The summed E-state index contributed by atoms with van der Waals surface area (Å²) in [6.45, 7) is 6.64. The van der Waals surface area contributed by atoms with Crippen LogP contribution in [0.2, 0.25) is 5.02 Å². The normalized spacial score (nSPS) is 11.3. The molecule has 0 amide bonds. The molecule has 0 saturated carbocycles. The summed E-state index contributed by atoms with van der Waals surface area (Å²) >= 11 is 6.21. The Morgan fingerprint density at radius 2 is 0.679 bits per heavy atom. The van der Waals surface area contributed by atoms with Gasteiger partial charge in [0.1, 0.15) is 11.0 Å². The number of hydrogen-bond acceptors (Lipinski definition) is 7. The minimum absolute atomic E-state index is 0.346. The Hall–Kier alpha value is -13.8. The number of fused-ring (bicyclic) bond motifs is 14. The van der Waals surface area contributed by atoms with Crippen LogP contribution in [0.1, 0.15) is 5.56 Å². The van der Waals surface area contributed by atoms with Crippen molar-refractivity contribution in [3.8, 4) is 84.6 Å². The first kappa shape index (κ1) is 64.3. The van der Waals surface area contributed by atoms with Gasteiger partial charge in [-0.05, 0) is 233 Å². The molecule has 0 spiro atoms. The number of nitrogens with zero attached hydrogens (tertiary/aromatic N) is 4. The second-order valence-electron chi connectivity index (χ2n) is 26.4. The SMILES string of the molecule is Clc1ccc(-c2nc3c(-c4cc5ccccc5c5ccccc45)cc(-c4cc5ccccc5c5ccccc45)cc3o2)cc1.N#Cc1cccc(-c2ccc(-c3nc4c(-c5cc6ccccc6c6ccccc56)cc(-c5cc6ccccc6c6ccccc56)cc4o3)cc2)c1.[C-]#[N+]c1cccc(B(O)O)c1. The molecule has 0 atom stereocenters. The van der Waals surface area contributed by atoms with Crippen LogP contribution < -0.4 is 5.46 Å². The van der Waals surface area contributed by atoms with Crippen LogP contribution in [0.25, 0.3) is 192 Å². The van der Waals surface area contributed by atoms with E-state index in [2.05, 4.69) is 266 Å². The summed E-state index contributed by atoms with van der Waals surface area (Å²) in [6, 6.07) is 119. The quantitative estimate of drug-likeness (QED) is 0.0883. The summed E-state index contributed by atoms with van der Waals surface area (Å²) in [5.41, 5.74) is 17.1. The van der Waals surface area contributed by atoms with Gasteiger partial charge in [0.25, 0.3) is 0 Å². The van der Waals surface area contributed by atoms with Gasteiger partial charge in [0.2, 0.25) is 11.8 Å². The molecule has 2 aromatic heterocycles. The predicted octanol–water partition coefficient (Wildman–Crippen LogP) is 25.0. The fraction of sp³-hybridized carbons (Fsp3) is 0. The first-order valence-corrected chi connectivity index (χ1v) is 35.3. The molecular formula is C96H58BClN4O4. The predicted molar refractivity (Wildman–Crippen MR) is 438 cm³/mol. The molecule has 18 aromatic carbocycles. The van der Waals surface area contributed by atoms with E-state index < -0.39 is 7.12 Å². The molecule has 496 valence electrons. The molecule has 0 aliphatic carbocycles. The van der Waals surface area contributed by atoms with Crippen molar-refractivity contribution in [1.29, 1.82) is 5.26 Å². The van der Waals surface area contributed by atoms with Crippen molar-refractivity contribution in [3.63, 3.8) is 0 Å². The van der Waals surface area contributed by atoms with E-state index in [-0.39, 0.29) is 0 Å². The molecule has 106 heavy (non-hydrogen) atoms. The monoisotopic (exact) mass is 1380 g/mol. The van der Waals surface area contributed by atoms with Gasteiger partial charge in [-0.2, -0.15) is 5.26 Å². The molecule has 0 aliphatic rings. The molecule has 2 heterocycles. The van der Waals surface area contributed by atoms with E-state index >= 15 is 0 Å². The highest BCUT2D eigenvalue weighted by Crippen LogP contribution is 2.47. The van der Waals surface area contributed by atoms with Crippen LogP contribution in [-0.2, 0) is 0 Å². The number of benzene rings is 18. The number of nitriles is 1. The summed E-state index contributed by atoms with van der Waals surface area (Å²) in [7, 11) is -1.49. The van der Waals surface area contributed by atoms with Crippen molar-refractivity contribution in [3.05, 3.63) is 362 Å². The van der Waals surface area contributed by atoms with E-state index in [1.165, 1.54) is 92.2 Å². The van der Waals surface area contributed by atoms with Crippen molar-refractivity contribution >= 4 is 138 Å². The molecule has 8 nitrogen and oxygen atoms in total. The topological polar surface area (TPSA) is 121 Å². The maximum atomic E-state index is 9.41. The Morgan fingerprint density at radius 3 is 1.08 bits per heavy atom. The molecule has 0 bridgehead atoms.